The van der Waals surface area contributed by atoms with E-state index in [2.05, 4.69) is 57.1 Å². The standard InChI is InChI=1S/C19H22N4OS/c25-19(20-14-16-4-2-1-3-5-16)22-21-15-17-6-8-18(9-7-17)23-10-12-24-13-11-23/h1-9,15H,10-14H2,(H2,20,22,25)/b21-15-. The van der Waals surface area contributed by atoms with Crippen LogP contribution >= 0.6 is 12.2 Å². The lowest BCUT2D eigenvalue weighted by molar-refractivity contribution is 0.122. The average Bonchev–Trinajstić information content (AvgIpc) is 2.68. The molecule has 1 saturated heterocycles. The molecule has 0 spiro atoms. The molecule has 2 aromatic rings. The third-order valence-electron chi connectivity index (χ3n) is 3.94. The maximum absolute atomic E-state index is 5.38. The van der Waals surface area contributed by atoms with Crippen LogP contribution < -0.4 is 15.6 Å². The molecule has 0 atom stereocenters. The van der Waals surface area contributed by atoms with Crippen LogP contribution in [0.1, 0.15) is 11.1 Å². The zero-order chi connectivity index (χ0) is 17.3. The van der Waals surface area contributed by atoms with Crippen molar-refractivity contribution in [2.24, 2.45) is 5.10 Å². The van der Waals surface area contributed by atoms with Crippen molar-refractivity contribution in [3.05, 3.63) is 65.7 Å². The van der Waals surface area contributed by atoms with Gasteiger partial charge in [-0.15, -0.1) is 0 Å². The monoisotopic (exact) mass is 354 g/mol. The van der Waals surface area contributed by atoms with Crippen molar-refractivity contribution in [1.82, 2.24) is 10.7 Å². The van der Waals surface area contributed by atoms with Crippen LogP contribution in [0.15, 0.2) is 59.7 Å². The molecule has 0 aromatic heterocycles. The smallest absolute Gasteiger partial charge is 0.187 e. The summed E-state index contributed by atoms with van der Waals surface area (Å²) in [6, 6.07) is 18.4. The van der Waals surface area contributed by atoms with E-state index in [1.807, 2.05) is 18.2 Å². The van der Waals surface area contributed by atoms with Crippen LogP contribution in [0.2, 0.25) is 0 Å². The first-order valence-corrected chi connectivity index (χ1v) is 8.76. The third-order valence-corrected chi connectivity index (χ3v) is 4.18. The number of anilines is 1. The molecule has 3 rings (SSSR count). The number of morpholine rings is 1. The first-order valence-electron chi connectivity index (χ1n) is 8.35. The maximum Gasteiger partial charge on any atom is 0.187 e. The number of hydrazone groups is 1. The molecule has 1 heterocycles. The van der Waals surface area contributed by atoms with E-state index in [0.29, 0.717) is 11.7 Å². The molecule has 0 aliphatic carbocycles. The van der Waals surface area contributed by atoms with Gasteiger partial charge in [-0.25, -0.2) is 0 Å². The van der Waals surface area contributed by atoms with E-state index in [1.165, 1.54) is 11.3 Å². The molecular formula is C19H22N4OS. The number of thiocarbonyl (C=S) groups is 1. The van der Waals surface area contributed by atoms with Gasteiger partial charge in [0, 0.05) is 25.3 Å². The number of benzene rings is 2. The summed E-state index contributed by atoms with van der Waals surface area (Å²) >= 11 is 5.22. The van der Waals surface area contributed by atoms with Gasteiger partial charge in [-0.3, -0.25) is 5.43 Å². The Morgan fingerprint density at radius 3 is 2.52 bits per heavy atom. The number of ether oxygens (including phenoxy) is 1. The highest BCUT2D eigenvalue weighted by atomic mass is 32.1. The fourth-order valence-electron chi connectivity index (χ4n) is 2.58. The predicted octanol–water partition coefficient (Wildman–Crippen LogP) is 2.52. The Kier molecular flexibility index (Phi) is 6.36. The highest BCUT2D eigenvalue weighted by Gasteiger charge is 2.10. The Morgan fingerprint density at radius 2 is 1.80 bits per heavy atom. The molecule has 2 aromatic carbocycles. The van der Waals surface area contributed by atoms with Crippen LogP contribution in [0.4, 0.5) is 5.69 Å². The Bertz CT molecular complexity index is 697. The van der Waals surface area contributed by atoms with Gasteiger partial charge in [0.1, 0.15) is 0 Å². The molecule has 1 aliphatic rings. The van der Waals surface area contributed by atoms with Crippen molar-refractivity contribution < 1.29 is 4.74 Å². The minimum atomic E-state index is 0.505. The molecule has 130 valence electrons. The van der Waals surface area contributed by atoms with Crippen LogP contribution in [-0.2, 0) is 11.3 Å². The van der Waals surface area contributed by atoms with Crippen LogP contribution in [0, 0.1) is 0 Å². The van der Waals surface area contributed by atoms with Crippen LogP contribution in [0.5, 0.6) is 0 Å². The third kappa shape index (κ3) is 5.55. The zero-order valence-electron chi connectivity index (χ0n) is 14.0. The Hall–Kier alpha value is -2.44. The SMILES string of the molecule is S=C(NCc1ccccc1)N/N=C\c1ccc(N2CCOCC2)cc1. The van der Waals surface area contributed by atoms with Gasteiger partial charge in [-0.2, -0.15) is 5.10 Å². The molecular weight excluding hydrogens is 332 g/mol. The van der Waals surface area contributed by atoms with Crippen molar-refractivity contribution in [2.75, 3.05) is 31.2 Å². The molecule has 25 heavy (non-hydrogen) atoms. The summed E-state index contributed by atoms with van der Waals surface area (Å²) < 4.78 is 5.38. The number of hydrogen-bond donors (Lipinski definition) is 2. The largest absolute Gasteiger partial charge is 0.378 e. The molecule has 1 fully saturated rings. The fraction of sp³-hybridized carbons (Fsp3) is 0.263. The van der Waals surface area contributed by atoms with Crippen molar-refractivity contribution in [3.63, 3.8) is 0 Å². The lowest BCUT2D eigenvalue weighted by Crippen LogP contribution is -2.36. The summed E-state index contributed by atoms with van der Waals surface area (Å²) in [5, 5.41) is 7.81. The van der Waals surface area contributed by atoms with Gasteiger partial charge in [0.2, 0.25) is 0 Å². The highest BCUT2D eigenvalue weighted by molar-refractivity contribution is 7.80. The molecule has 2 N–H and O–H groups in total. The van der Waals surface area contributed by atoms with Gasteiger partial charge >= 0.3 is 0 Å². The van der Waals surface area contributed by atoms with Gasteiger partial charge in [0.05, 0.1) is 19.4 Å². The summed E-state index contributed by atoms with van der Waals surface area (Å²) in [4.78, 5) is 2.32. The first kappa shape index (κ1) is 17.4. The van der Waals surface area contributed by atoms with Gasteiger partial charge in [-0.05, 0) is 35.5 Å². The van der Waals surface area contributed by atoms with E-state index < -0.39 is 0 Å². The quantitative estimate of drug-likeness (QED) is 0.491. The molecule has 0 unspecified atom stereocenters. The van der Waals surface area contributed by atoms with Crippen LogP contribution in [0.25, 0.3) is 0 Å². The van der Waals surface area contributed by atoms with Gasteiger partial charge in [0.15, 0.2) is 5.11 Å². The van der Waals surface area contributed by atoms with Gasteiger partial charge < -0.3 is 15.0 Å². The van der Waals surface area contributed by atoms with E-state index in [1.54, 1.807) is 6.21 Å². The molecule has 0 radical (unpaired) electrons. The van der Waals surface area contributed by atoms with Gasteiger partial charge in [0.25, 0.3) is 0 Å². The second-order valence-electron chi connectivity index (χ2n) is 5.73. The van der Waals surface area contributed by atoms with Crippen LogP contribution in [0.3, 0.4) is 0 Å². The highest BCUT2D eigenvalue weighted by Crippen LogP contribution is 2.15. The minimum absolute atomic E-state index is 0.505. The zero-order valence-corrected chi connectivity index (χ0v) is 14.8. The maximum atomic E-state index is 5.38. The summed E-state index contributed by atoms with van der Waals surface area (Å²) in [5.74, 6) is 0. The summed E-state index contributed by atoms with van der Waals surface area (Å²) in [6.45, 7) is 4.14. The summed E-state index contributed by atoms with van der Waals surface area (Å²) in [6.07, 6.45) is 1.76. The molecule has 5 nitrogen and oxygen atoms in total. The average molecular weight is 354 g/mol. The first-order chi connectivity index (χ1) is 12.3. The number of rotatable bonds is 5. The van der Waals surface area contributed by atoms with E-state index in [-0.39, 0.29) is 0 Å². The second kappa shape index (κ2) is 9.15. The van der Waals surface area contributed by atoms with Crippen molar-refractivity contribution in [2.45, 2.75) is 6.54 Å². The fourth-order valence-corrected chi connectivity index (χ4v) is 2.70. The molecule has 0 amide bonds. The van der Waals surface area contributed by atoms with Crippen molar-refractivity contribution in [3.8, 4) is 0 Å². The number of hydrogen-bond acceptors (Lipinski definition) is 4. The summed E-state index contributed by atoms with van der Waals surface area (Å²) in [7, 11) is 0. The predicted molar refractivity (Wildman–Crippen MR) is 106 cm³/mol. The Balaban J connectivity index is 1.44. The molecule has 0 bridgehead atoms. The number of nitrogens with one attached hydrogen (secondary N) is 2. The summed E-state index contributed by atoms with van der Waals surface area (Å²) in [5.41, 5.74) is 6.26. The van der Waals surface area contributed by atoms with E-state index >= 15 is 0 Å². The van der Waals surface area contributed by atoms with Crippen molar-refractivity contribution >= 4 is 29.2 Å². The number of nitrogens with zero attached hydrogens (tertiary/aromatic N) is 2. The van der Waals surface area contributed by atoms with Crippen molar-refractivity contribution in [1.29, 1.82) is 0 Å². The topological polar surface area (TPSA) is 48.9 Å². The molecule has 6 heteroatoms. The lowest BCUT2D eigenvalue weighted by atomic mass is 10.2. The van der Waals surface area contributed by atoms with E-state index in [9.17, 15) is 0 Å². The molecule has 0 saturated carbocycles. The van der Waals surface area contributed by atoms with E-state index in [0.717, 1.165) is 31.9 Å². The van der Waals surface area contributed by atoms with E-state index in [4.69, 9.17) is 17.0 Å². The lowest BCUT2D eigenvalue weighted by Gasteiger charge is -2.28. The van der Waals surface area contributed by atoms with Gasteiger partial charge in [-0.1, -0.05) is 42.5 Å². The minimum Gasteiger partial charge on any atom is -0.378 e. The van der Waals surface area contributed by atoms with Crippen LogP contribution in [-0.4, -0.2) is 37.6 Å². The Labute approximate surface area is 153 Å². The normalized spacial score (nSPS) is 14.5. The Morgan fingerprint density at radius 1 is 1.08 bits per heavy atom. The second-order valence-corrected chi connectivity index (χ2v) is 6.14. The molecule has 1 aliphatic heterocycles.